The number of ether oxygens (including phenoxy) is 4. The molecule has 9 heteroatoms. The van der Waals surface area contributed by atoms with Crippen molar-refractivity contribution >= 4 is 23.7 Å². The van der Waals surface area contributed by atoms with E-state index < -0.39 is 34.9 Å². The number of benzene rings is 2. The maximum Gasteiger partial charge on any atom is 0.338 e. The molecule has 1 saturated heterocycles. The van der Waals surface area contributed by atoms with Crippen LogP contribution in [0.5, 0.6) is 11.5 Å². The number of thioether (sulfide) groups is 1. The van der Waals surface area contributed by atoms with Gasteiger partial charge in [0, 0.05) is 0 Å². The molecule has 4 atom stereocenters. The molecule has 1 aliphatic rings. The molecule has 1 N–H and O–H groups in total. The summed E-state index contributed by atoms with van der Waals surface area (Å²) in [6, 6.07) is 10.7. The first-order valence-corrected chi connectivity index (χ1v) is 9.92. The number of rotatable bonds is 6. The smallest absolute Gasteiger partial charge is 0.338 e. The first kappa shape index (κ1) is 21.9. The van der Waals surface area contributed by atoms with Crippen LogP contribution in [0.4, 0.5) is 4.39 Å². The van der Waals surface area contributed by atoms with Gasteiger partial charge in [0.15, 0.2) is 12.3 Å². The summed E-state index contributed by atoms with van der Waals surface area (Å²) in [5.74, 6) is -0.410. The molecule has 0 aliphatic carbocycles. The summed E-state index contributed by atoms with van der Waals surface area (Å²) < 4.78 is 35.3. The molecule has 7 nitrogen and oxygen atoms in total. The molecule has 0 radical (unpaired) electrons. The van der Waals surface area contributed by atoms with Crippen LogP contribution in [0.1, 0.15) is 31.5 Å². The van der Waals surface area contributed by atoms with Crippen LogP contribution in [0.3, 0.4) is 0 Å². The first-order valence-electron chi connectivity index (χ1n) is 8.98. The van der Waals surface area contributed by atoms with E-state index in [1.54, 1.807) is 24.3 Å². The van der Waals surface area contributed by atoms with Crippen molar-refractivity contribution in [2.24, 2.45) is 0 Å². The van der Waals surface area contributed by atoms with Gasteiger partial charge in [-0.15, -0.1) is 11.8 Å². The molecule has 1 heterocycles. The Bertz CT molecular complexity index is 918. The van der Waals surface area contributed by atoms with E-state index in [0.717, 1.165) is 11.8 Å². The lowest BCUT2D eigenvalue weighted by molar-refractivity contribution is -0.00498. The van der Waals surface area contributed by atoms with Crippen molar-refractivity contribution in [2.45, 2.75) is 23.0 Å². The predicted octanol–water partition coefficient (Wildman–Crippen LogP) is 3.16. The summed E-state index contributed by atoms with van der Waals surface area (Å²) in [5, 5.41) is 9.25. The maximum atomic E-state index is 14.8. The predicted molar refractivity (Wildman–Crippen MR) is 108 cm³/mol. The minimum atomic E-state index is -1.85. The van der Waals surface area contributed by atoms with Crippen LogP contribution in [0.15, 0.2) is 42.5 Å². The van der Waals surface area contributed by atoms with E-state index in [9.17, 15) is 19.1 Å². The van der Waals surface area contributed by atoms with Gasteiger partial charge >= 0.3 is 11.9 Å². The summed E-state index contributed by atoms with van der Waals surface area (Å²) in [6.45, 7) is 0. The van der Waals surface area contributed by atoms with Gasteiger partial charge in [0.1, 0.15) is 16.9 Å². The summed E-state index contributed by atoms with van der Waals surface area (Å²) in [4.78, 5) is 24.8. The molecule has 30 heavy (non-hydrogen) atoms. The van der Waals surface area contributed by atoms with Gasteiger partial charge in [0.05, 0.1) is 37.7 Å². The van der Waals surface area contributed by atoms with Gasteiger partial charge in [-0.3, -0.25) is 0 Å². The van der Waals surface area contributed by atoms with E-state index in [4.69, 9.17) is 18.9 Å². The van der Waals surface area contributed by atoms with Crippen molar-refractivity contribution < 1.29 is 38.0 Å². The lowest BCUT2D eigenvalue weighted by atomic mass is 9.98. The number of carbonyl (C=O) groups is 2. The van der Waals surface area contributed by atoms with E-state index in [1.807, 2.05) is 0 Å². The van der Waals surface area contributed by atoms with E-state index in [0.29, 0.717) is 17.1 Å². The number of methoxy groups -OCH3 is 3. The molecule has 0 amide bonds. The standard InChI is InChI=1S/C21H21FO7S/c1-26-12-6-4-11(5-7-12)19(23)29-17-16(22)21(25)30-18(17)15-10-13(27-2)8-9-14(15)20(24)28-3/h4-10,16-18,21,25H,1-3H3/t16-,17-,18+,21?/m0/s1. The molecule has 0 spiro atoms. The number of alkyl halides is 1. The van der Waals surface area contributed by atoms with Crippen LogP contribution in [0.25, 0.3) is 0 Å². The zero-order valence-electron chi connectivity index (χ0n) is 16.5. The molecule has 3 rings (SSSR count). The topological polar surface area (TPSA) is 91.3 Å². The minimum Gasteiger partial charge on any atom is -0.497 e. The summed E-state index contributed by atoms with van der Waals surface area (Å²) in [6.07, 6.45) is -3.17. The molecule has 1 aliphatic heterocycles. The van der Waals surface area contributed by atoms with Crippen LogP contribution in [0, 0.1) is 0 Å². The van der Waals surface area contributed by atoms with Crippen molar-refractivity contribution in [1.82, 2.24) is 0 Å². The van der Waals surface area contributed by atoms with Crippen molar-refractivity contribution in [3.8, 4) is 11.5 Å². The highest BCUT2D eigenvalue weighted by molar-refractivity contribution is 8.00. The van der Waals surface area contributed by atoms with Gasteiger partial charge < -0.3 is 24.1 Å². The third-order valence-electron chi connectivity index (χ3n) is 4.71. The van der Waals surface area contributed by atoms with E-state index in [-0.39, 0.29) is 11.1 Å². The number of hydrogen-bond acceptors (Lipinski definition) is 8. The number of halogens is 1. The Morgan fingerprint density at radius 2 is 1.60 bits per heavy atom. The van der Waals surface area contributed by atoms with Gasteiger partial charge in [-0.25, -0.2) is 14.0 Å². The van der Waals surface area contributed by atoms with Gasteiger partial charge in [-0.05, 0) is 48.0 Å². The Hall–Kier alpha value is -2.78. The fourth-order valence-corrected chi connectivity index (χ4v) is 4.43. The van der Waals surface area contributed by atoms with Crippen LogP contribution in [0.2, 0.25) is 0 Å². The number of hydrogen-bond donors (Lipinski definition) is 1. The second-order valence-corrected chi connectivity index (χ2v) is 7.70. The molecule has 1 unspecified atom stereocenters. The molecular weight excluding hydrogens is 415 g/mol. The monoisotopic (exact) mass is 436 g/mol. The highest BCUT2D eigenvalue weighted by atomic mass is 32.2. The van der Waals surface area contributed by atoms with Crippen molar-refractivity contribution in [1.29, 1.82) is 0 Å². The molecule has 1 fully saturated rings. The van der Waals surface area contributed by atoms with Crippen molar-refractivity contribution in [3.05, 3.63) is 59.2 Å². The van der Waals surface area contributed by atoms with Crippen molar-refractivity contribution in [3.63, 3.8) is 0 Å². The zero-order chi connectivity index (χ0) is 21.8. The van der Waals surface area contributed by atoms with Gasteiger partial charge in [-0.2, -0.15) is 0 Å². The SMILES string of the molecule is COC(=O)c1ccc(OC)cc1[C@H]1SC(O)[C@@H](F)[C@@H]1OC(=O)c1ccc(OC)cc1. The highest BCUT2D eigenvalue weighted by Gasteiger charge is 2.48. The second-order valence-electron chi connectivity index (χ2n) is 6.43. The van der Waals surface area contributed by atoms with Gasteiger partial charge in [0.2, 0.25) is 0 Å². The quantitative estimate of drug-likeness (QED) is 0.691. The minimum absolute atomic E-state index is 0.169. The summed E-state index contributed by atoms with van der Waals surface area (Å²) in [5.41, 5.74) is -0.715. The Labute approximate surface area is 177 Å². The summed E-state index contributed by atoms with van der Waals surface area (Å²) >= 11 is 0.859. The van der Waals surface area contributed by atoms with Crippen LogP contribution >= 0.6 is 11.8 Å². The number of carbonyl (C=O) groups excluding carboxylic acids is 2. The van der Waals surface area contributed by atoms with E-state index in [2.05, 4.69) is 0 Å². The van der Waals surface area contributed by atoms with Gasteiger partial charge in [0.25, 0.3) is 0 Å². The number of esters is 2. The van der Waals surface area contributed by atoms with Crippen LogP contribution in [-0.4, -0.2) is 56.1 Å². The lowest BCUT2D eigenvalue weighted by Gasteiger charge is -2.22. The average molecular weight is 436 g/mol. The van der Waals surface area contributed by atoms with Crippen LogP contribution in [-0.2, 0) is 9.47 Å². The third kappa shape index (κ3) is 4.36. The highest BCUT2D eigenvalue weighted by Crippen LogP contribution is 2.49. The Morgan fingerprint density at radius 1 is 0.967 bits per heavy atom. The van der Waals surface area contributed by atoms with Crippen molar-refractivity contribution in [2.75, 3.05) is 21.3 Å². The maximum absolute atomic E-state index is 14.8. The lowest BCUT2D eigenvalue weighted by Crippen LogP contribution is -2.32. The molecule has 0 bridgehead atoms. The molecule has 0 saturated carbocycles. The van der Waals surface area contributed by atoms with E-state index >= 15 is 0 Å². The van der Waals surface area contributed by atoms with E-state index in [1.165, 1.54) is 39.5 Å². The largest absolute Gasteiger partial charge is 0.497 e. The second kappa shape index (κ2) is 9.36. The number of aliphatic hydroxyl groups is 1. The van der Waals surface area contributed by atoms with Crippen LogP contribution < -0.4 is 9.47 Å². The number of aliphatic hydroxyl groups excluding tert-OH is 1. The van der Waals surface area contributed by atoms with Gasteiger partial charge in [-0.1, -0.05) is 0 Å². The first-order chi connectivity index (χ1) is 14.4. The summed E-state index contributed by atoms with van der Waals surface area (Å²) in [7, 11) is 4.18. The molecule has 2 aromatic carbocycles. The molecule has 0 aromatic heterocycles. The fraction of sp³-hybridized carbons (Fsp3) is 0.333. The Morgan fingerprint density at radius 3 is 2.20 bits per heavy atom. The zero-order valence-corrected chi connectivity index (χ0v) is 17.4. The molecule has 2 aromatic rings. The Kier molecular flexibility index (Phi) is 6.84. The average Bonchev–Trinajstić information content (AvgIpc) is 3.06. The fourth-order valence-electron chi connectivity index (χ4n) is 3.13. The molecule has 160 valence electrons. The normalized spacial score (nSPS) is 23.0. The molecular formula is C21H21FO7S. The third-order valence-corrected chi connectivity index (χ3v) is 6.06. The Balaban J connectivity index is 1.93.